The van der Waals surface area contributed by atoms with Crippen molar-refractivity contribution in [1.29, 1.82) is 0 Å². The second kappa shape index (κ2) is 7.59. The maximum absolute atomic E-state index is 13.3. The molecule has 4 rings (SSSR count). The minimum atomic E-state index is -0.331. The molecule has 0 aliphatic carbocycles. The first-order chi connectivity index (χ1) is 13.6. The minimum absolute atomic E-state index is 0.0600. The molecule has 2 amide bonds. The van der Waals surface area contributed by atoms with Crippen LogP contribution in [-0.2, 0) is 11.3 Å². The molecule has 1 atom stereocenters. The Labute approximate surface area is 160 Å². The molecule has 1 saturated heterocycles. The number of aromatic nitrogens is 3. The molecular formula is C20H18FN5O2. The zero-order valence-electron chi connectivity index (χ0n) is 14.9. The smallest absolute Gasteiger partial charge is 0.251 e. The molecule has 2 heterocycles. The zero-order chi connectivity index (χ0) is 19.5. The quantitative estimate of drug-likeness (QED) is 0.711. The number of likely N-dealkylation sites (tertiary alicyclic amines) is 1. The topological polar surface area (TPSA) is 91.0 Å². The first kappa shape index (κ1) is 17.8. The third-order valence-electron chi connectivity index (χ3n) is 4.65. The van der Waals surface area contributed by atoms with Gasteiger partial charge < -0.3 is 10.2 Å². The van der Waals surface area contributed by atoms with E-state index in [-0.39, 0.29) is 30.1 Å². The van der Waals surface area contributed by atoms with Crippen LogP contribution in [0.4, 0.5) is 4.39 Å². The Morgan fingerprint density at radius 2 is 2.07 bits per heavy atom. The Morgan fingerprint density at radius 3 is 2.79 bits per heavy atom. The molecule has 7 nitrogen and oxygen atoms in total. The molecule has 2 N–H and O–H groups in total. The van der Waals surface area contributed by atoms with Crippen molar-refractivity contribution in [3.05, 3.63) is 71.8 Å². The van der Waals surface area contributed by atoms with Crippen LogP contribution < -0.4 is 5.32 Å². The molecule has 1 aromatic heterocycles. The number of hydrogen-bond acceptors (Lipinski definition) is 4. The van der Waals surface area contributed by atoms with Crippen molar-refractivity contribution in [2.45, 2.75) is 19.0 Å². The van der Waals surface area contributed by atoms with E-state index in [4.69, 9.17) is 0 Å². The molecule has 28 heavy (non-hydrogen) atoms. The van der Waals surface area contributed by atoms with Gasteiger partial charge in [0.1, 0.15) is 12.1 Å². The summed E-state index contributed by atoms with van der Waals surface area (Å²) in [7, 11) is 0. The Kier molecular flexibility index (Phi) is 4.84. The van der Waals surface area contributed by atoms with Gasteiger partial charge in [0.05, 0.1) is 6.04 Å². The van der Waals surface area contributed by atoms with E-state index in [9.17, 15) is 14.0 Å². The Balaban J connectivity index is 1.36. The standard InChI is InChI=1S/C20H18FN5O2/c21-16-3-1-2-13(8-16)10-26-11-17(9-18(26)27)24-20(28)15-6-4-14(5-7-15)19-22-12-23-25-19/h1-8,12,17H,9-11H2,(H,24,28)(H,22,23,25)/t17-/m0/s1. The Hall–Kier alpha value is -3.55. The highest BCUT2D eigenvalue weighted by molar-refractivity contribution is 5.95. The zero-order valence-corrected chi connectivity index (χ0v) is 14.9. The summed E-state index contributed by atoms with van der Waals surface area (Å²) in [4.78, 5) is 30.4. The number of carbonyl (C=O) groups excluding carboxylic acids is 2. The molecule has 1 aliphatic heterocycles. The summed E-state index contributed by atoms with van der Waals surface area (Å²) >= 11 is 0. The number of aromatic amines is 1. The molecule has 0 saturated carbocycles. The number of carbonyl (C=O) groups is 2. The van der Waals surface area contributed by atoms with Crippen molar-refractivity contribution in [3.63, 3.8) is 0 Å². The number of amides is 2. The van der Waals surface area contributed by atoms with E-state index in [1.54, 1.807) is 41.3 Å². The first-order valence-corrected chi connectivity index (χ1v) is 8.87. The third kappa shape index (κ3) is 3.90. The Morgan fingerprint density at radius 1 is 1.25 bits per heavy atom. The summed E-state index contributed by atoms with van der Waals surface area (Å²) in [6.07, 6.45) is 1.65. The summed E-state index contributed by atoms with van der Waals surface area (Å²) < 4.78 is 13.3. The van der Waals surface area contributed by atoms with E-state index in [2.05, 4.69) is 20.5 Å². The number of benzene rings is 2. The molecule has 3 aromatic rings. The predicted molar refractivity (Wildman–Crippen MR) is 99.5 cm³/mol. The lowest BCUT2D eigenvalue weighted by Gasteiger charge is -2.17. The van der Waals surface area contributed by atoms with E-state index in [1.165, 1.54) is 18.5 Å². The highest BCUT2D eigenvalue weighted by Crippen LogP contribution is 2.18. The average Bonchev–Trinajstić information content (AvgIpc) is 3.32. The molecule has 8 heteroatoms. The lowest BCUT2D eigenvalue weighted by Crippen LogP contribution is -2.37. The van der Waals surface area contributed by atoms with E-state index < -0.39 is 0 Å². The average molecular weight is 379 g/mol. The van der Waals surface area contributed by atoms with E-state index in [0.717, 1.165) is 11.1 Å². The van der Waals surface area contributed by atoms with Crippen LogP contribution in [0, 0.1) is 5.82 Å². The normalized spacial score (nSPS) is 16.4. The lowest BCUT2D eigenvalue weighted by atomic mass is 10.1. The van der Waals surface area contributed by atoms with Crippen molar-refractivity contribution in [2.75, 3.05) is 6.54 Å². The number of hydrogen-bond donors (Lipinski definition) is 2. The molecule has 0 bridgehead atoms. The molecular weight excluding hydrogens is 361 g/mol. The van der Waals surface area contributed by atoms with Crippen LogP contribution in [0.25, 0.3) is 11.4 Å². The molecule has 0 radical (unpaired) electrons. The van der Waals surface area contributed by atoms with Crippen LogP contribution in [0.3, 0.4) is 0 Å². The minimum Gasteiger partial charge on any atom is -0.347 e. The number of nitrogens with zero attached hydrogens (tertiary/aromatic N) is 3. The molecule has 0 spiro atoms. The van der Waals surface area contributed by atoms with Crippen molar-refractivity contribution in [1.82, 2.24) is 25.4 Å². The van der Waals surface area contributed by atoms with Crippen molar-refractivity contribution < 1.29 is 14.0 Å². The number of nitrogens with one attached hydrogen (secondary N) is 2. The van der Waals surface area contributed by atoms with Gasteiger partial charge in [-0.05, 0) is 29.8 Å². The van der Waals surface area contributed by atoms with Gasteiger partial charge in [-0.25, -0.2) is 9.37 Å². The highest BCUT2D eigenvalue weighted by Gasteiger charge is 2.30. The third-order valence-corrected chi connectivity index (χ3v) is 4.65. The molecule has 142 valence electrons. The van der Waals surface area contributed by atoms with Gasteiger partial charge in [0, 0.05) is 30.6 Å². The van der Waals surface area contributed by atoms with Gasteiger partial charge >= 0.3 is 0 Å². The SMILES string of the molecule is O=C(N[C@H]1CC(=O)N(Cc2cccc(F)c2)C1)c1ccc(-c2ncn[nH]2)cc1. The first-order valence-electron chi connectivity index (χ1n) is 8.87. The van der Waals surface area contributed by atoms with Crippen molar-refractivity contribution in [3.8, 4) is 11.4 Å². The van der Waals surface area contributed by atoms with Gasteiger partial charge in [-0.15, -0.1) is 0 Å². The summed E-state index contributed by atoms with van der Waals surface area (Å²) in [5.41, 5.74) is 2.05. The lowest BCUT2D eigenvalue weighted by molar-refractivity contribution is -0.128. The molecule has 0 unspecified atom stereocenters. The van der Waals surface area contributed by atoms with Gasteiger partial charge in [0.25, 0.3) is 5.91 Å². The predicted octanol–water partition coefficient (Wildman–Crippen LogP) is 2.14. The van der Waals surface area contributed by atoms with Gasteiger partial charge in [-0.3, -0.25) is 14.7 Å². The number of H-pyrrole nitrogens is 1. The van der Waals surface area contributed by atoms with Crippen LogP contribution in [0.5, 0.6) is 0 Å². The van der Waals surface area contributed by atoms with Crippen LogP contribution in [0.1, 0.15) is 22.3 Å². The van der Waals surface area contributed by atoms with Gasteiger partial charge in [-0.2, -0.15) is 5.10 Å². The second-order valence-corrected chi connectivity index (χ2v) is 6.69. The fraction of sp³-hybridized carbons (Fsp3) is 0.200. The maximum Gasteiger partial charge on any atom is 0.251 e. The second-order valence-electron chi connectivity index (χ2n) is 6.69. The van der Waals surface area contributed by atoms with E-state index in [1.807, 2.05) is 0 Å². The summed E-state index contributed by atoms with van der Waals surface area (Å²) in [6.45, 7) is 0.728. The fourth-order valence-corrected chi connectivity index (χ4v) is 3.27. The van der Waals surface area contributed by atoms with Crippen molar-refractivity contribution in [2.24, 2.45) is 0 Å². The number of halogens is 1. The van der Waals surface area contributed by atoms with Crippen LogP contribution >= 0.6 is 0 Å². The summed E-state index contributed by atoms with van der Waals surface area (Å²) in [5.74, 6) is -0.00568. The van der Waals surface area contributed by atoms with Crippen molar-refractivity contribution >= 4 is 11.8 Å². The van der Waals surface area contributed by atoms with Crippen LogP contribution in [-0.4, -0.2) is 44.5 Å². The summed E-state index contributed by atoms with van der Waals surface area (Å²) in [5, 5.41) is 9.46. The highest BCUT2D eigenvalue weighted by atomic mass is 19.1. The molecule has 1 aliphatic rings. The monoisotopic (exact) mass is 379 g/mol. The number of rotatable bonds is 5. The van der Waals surface area contributed by atoms with Gasteiger partial charge in [-0.1, -0.05) is 24.3 Å². The fourth-order valence-electron chi connectivity index (χ4n) is 3.27. The Bertz CT molecular complexity index is 988. The van der Waals surface area contributed by atoms with E-state index in [0.29, 0.717) is 24.5 Å². The van der Waals surface area contributed by atoms with Crippen LogP contribution in [0.2, 0.25) is 0 Å². The molecule has 2 aromatic carbocycles. The van der Waals surface area contributed by atoms with Gasteiger partial charge in [0.2, 0.25) is 5.91 Å². The van der Waals surface area contributed by atoms with Crippen LogP contribution in [0.15, 0.2) is 54.9 Å². The maximum atomic E-state index is 13.3. The van der Waals surface area contributed by atoms with E-state index >= 15 is 0 Å². The summed E-state index contributed by atoms with van der Waals surface area (Å²) in [6, 6.07) is 12.9. The largest absolute Gasteiger partial charge is 0.347 e. The van der Waals surface area contributed by atoms with Gasteiger partial charge in [0.15, 0.2) is 5.82 Å². The molecule has 1 fully saturated rings.